The average Bonchev–Trinajstić information content (AvgIpc) is 2.48. The molecule has 0 saturated carbocycles. The van der Waals surface area contributed by atoms with Crippen LogP contribution in [-0.4, -0.2) is 29.8 Å². The van der Waals surface area contributed by atoms with Gasteiger partial charge in [0.15, 0.2) is 0 Å². The highest BCUT2D eigenvalue weighted by Gasteiger charge is 2.25. The van der Waals surface area contributed by atoms with Crippen molar-refractivity contribution in [2.45, 2.75) is 25.8 Å². The molecule has 5 heteroatoms. The number of benzene rings is 1. The number of carbonyl (C=O) groups is 2. The maximum Gasteiger partial charge on any atom is 0.226 e. The molecular weight excluding hydrogens is 254 g/mol. The zero-order valence-corrected chi connectivity index (χ0v) is 11.5. The number of rotatable bonds is 4. The van der Waals surface area contributed by atoms with Crippen LogP contribution in [0.5, 0.6) is 0 Å². The average molecular weight is 275 g/mol. The Bertz CT molecular complexity index is 476. The molecule has 0 atom stereocenters. The summed E-state index contributed by atoms with van der Waals surface area (Å²) in [6.45, 7) is 1.75. The number of hydrogen-bond acceptors (Lipinski definition) is 3. The van der Waals surface area contributed by atoms with Gasteiger partial charge in [0.1, 0.15) is 0 Å². The van der Waals surface area contributed by atoms with Gasteiger partial charge >= 0.3 is 0 Å². The van der Waals surface area contributed by atoms with Gasteiger partial charge in [-0.05, 0) is 24.0 Å². The lowest BCUT2D eigenvalue weighted by Gasteiger charge is -2.30. The minimum absolute atomic E-state index is 0.0807. The summed E-state index contributed by atoms with van der Waals surface area (Å²) in [5, 5.41) is 0. The lowest BCUT2D eigenvalue weighted by molar-refractivity contribution is -0.134. The lowest BCUT2D eigenvalue weighted by Crippen LogP contribution is -2.42. The van der Waals surface area contributed by atoms with E-state index in [1.54, 1.807) is 0 Å². The molecule has 108 valence electrons. The van der Waals surface area contributed by atoms with Crippen molar-refractivity contribution < 1.29 is 9.59 Å². The smallest absolute Gasteiger partial charge is 0.226 e. The normalized spacial score (nSPS) is 16.1. The summed E-state index contributed by atoms with van der Waals surface area (Å²) in [7, 11) is 0. The van der Waals surface area contributed by atoms with Crippen LogP contribution in [-0.2, 0) is 22.6 Å². The molecule has 0 spiro atoms. The van der Waals surface area contributed by atoms with E-state index in [0.717, 1.165) is 11.1 Å². The molecule has 0 bridgehead atoms. The summed E-state index contributed by atoms with van der Waals surface area (Å²) in [6.07, 6.45) is 1.74. The Hall–Kier alpha value is -1.88. The molecule has 2 amide bonds. The Morgan fingerprint density at radius 2 is 1.65 bits per heavy atom. The van der Waals surface area contributed by atoms with Crippen LogP contribution in [0.3, 0.4) is 0 Å². The quantitative estimate of drug-likeness (QED) is 0.834. The second-order valence-corrected chi connectivity index (χ2v) is 5.25. The number of piperidine rings is 1. The Balaban J connectivity index is 1.87. The minimum atomic E-state index is -0.255. The molecule has 5 nitrogen and oxygen atoms in total. The molecule has 1 aromatic rings. The first-order chi connectivity index (χ1) is 9.60. The van der Waals surface area contributed by atoms with E-state index in [-0.39, 0.29) is 17.7 Å². The Morgan fingerprint density at radius 3 is 2.15 bits per heavy atom. The van der Waals surface area contributed by atoms with E-state index in [9.17, 15) is 9.59 Å². The Kier molecular flexibility index (Phi) is 4.74. The predicted octanol–water partition coefficient (Wildman–Crippen LogP) is 0.412. The number of hydrogen-bond donors (Lipinski definition) is 2. The highest BCUT2D eigenvalue weighted by molar-refractivity contribution is 5.80. The van der Waals surface area contributed by atoms with Gasteiger partial charge in [0, 0.05) is 25.6 Å². The number of nitrogens with two attached hydrogens (primary N) is 2. The molecule has 2 rings (SSSR count). The number of amides is 2. The van der Waals surface area contributed by atoms with Gasteiger partial charge in [-0.1, -0.05) is 24.3 Å². The van der Waals surface area contributed by atoms with Gasteiger partial charge in [-0.3, -0.25) is 9.59 Å². The fourth-order valence-corrected chi connectivity index (χ4v) is 2.49. The van der Waals surface area contributed by atoms with E-state index < -0.39 is 0 Å². The predicted molar refractivity (Wildman–Crippen MR) is 76.5 cm³/mol. The number of nitrogens with zero attached hydrogens (tertiary/aromatic N) is 1. The molecule has 1 aliphatic heterocycles. The lowest BCUT2D eigenvalue weighted by atomic mass is 9.96. The van der Waals surface area contributed by atoms with E-state index in [1.807, 2.05) is 29.2 Å². The van der Waals surface area contributed by atoms with Crippen LogP contribution < -0.4 is 11.5 Å². The van der Waals surface area contributed by atoms with Gasteiger partial charge in [-0.2, -0.15) is 0 Å². The van der Waals surface area contributed by atoms with Crippen LogP contribution in [0.15, 0.2) is 24.3 Å². The SMILES string of the molecule is NCc1ccc(CC(=O)N2CCC(C(N)=O)CC2)cc1. The molecule has 0 unspecified atom stereocenters. The van der Waals surface area contributed by atoms with Crippen molar-refractivity contribution in [2.24, 2.45) is 17.4 Å². The number of likely N-dealkylation sites (tertiary alicyclic amines) is 1. The fourth-order valence-electron chi connectivity index (χ4n) is 2.49. The van der Waals surface area contributed by atoms with Crippen LogP contribution in [0.4, 0.5) is 0 Å². The zero-order valence-electron chi connectivity index (χ0n) is 11.5. The van der Waals surface area contributed by atoms with Gasteiger partial charge < -0.3 is 16.4 Å². The van der Waals surface area contributed by atoms with Crippen molar-refractivity contribution in [1.29, 1.82) is 0 Å². The van der Waals surface area contributed by atoms with E-state index in [1.165, 1.54) is 0 Å². The molecule has 20 heavy (non-hydrogen) atoms. The van der Waals surface area contributed by atoms with Crippen LogP contribution >= 0.6 is 0 Å². The van der Waals surface area contributed by atoms with E-state index in [2.05, 4.69) is 0 Å². The van der Waals surface area contributed by atoms with Gasteiger partial charge in [0.25, 0.3) is 0 Å². The molecular formula is C15H21N3O2. The number of carbonyl (C=O) groups excluding carboxylic acids is 2. The summed E-state index contributed by atoms with van der Waals surface area (Å²) >= 11 is 0. The summed E-state index contributed by atoms with van der Waals surface area (Å²) in [6, 6.07) is 7.77. The van der Waals surface area contributed by atoms with Crippen LogP contribution in [0.2, 0.25) is 0 Å². The third-order valence-electron chi connectivity index (χ3n) is 3.86. The summed E-state index contributed by atoms with van der Waals surface area (Å²) < 4.78 is 0. The molecule has 0 radical (unpaired) electrons. The van der Waals surface area contributed by atoms with E-state index >= 15 is 0 Å². The molecule has 4 N–H and O–H groups in total. The summed E-state index contributed by atoms with van der Waals surface area (Å²) in [4.78, 5) is 25.1. The first-order valence-electron chi connectivity index (χ1n) is 6.95. The largest absolute Gasteiger partial charge is 0.369 e. The van der Waals surface area contributed by atoms with Crippen molar-refractivity contribution in [3.63, 3.8) is 0 Å². The topological polar surface area (TPSA) is 89.4 Å². The van der Waals surface area contributed by atoms with E-state index in [0.29, 0.717) is 38.9 Å². The first-order valence-corrected chi connectivity index (χ1v) is 6.95. The highest BCUT2D eigenvalue weighted by atomic mass is 16.2. The highest BCUT2D eigenvalue weighted by Crippen LogP contribution is 2.17. The molecule has 1 saturated heterocycles. The summed E-state index contributed by atoms with van der Waals surface area (Å²) in [5.74, 6) is -0.231. The monoisotopic (exact) mass is 275 g/mol. The Labute approximate surface area is 118 Å². The van der Waals surface area contributed by atoms with Gasteiger partial charge in [-0.15, -0.1) is 0 Å². The van der Waals surface area contributed by atoms with Crippen molar-refractivity contribution in [3.8, 4) is 0 Å². The summed E-state index contributed by atoms with van der Waals surface area (Å²) in [5.41, 5.74) is 12.9. The van der Waals surface area contributed by atoms with Crippen molar-refractivity contribution in [2.75, 3.05) is 13.1 Å². The third kappa shape index (κ3) is 3.57. The molecule has 0 aliphatic carbocycles. The Morgan fingerprint density at radius 1 is 1.10 bits per heavy atom. The first kappa shape index (κ1) is 14.5. The standard InChI is InChI=1S/C15H21N3O2/c16-10-12-3-1-11(2-4-12)9-14(19)18-7-5-13(6-8-18)15(17)20/h1-4,13H,5-10,16H2,(H2,17,20). The van der Waals surface area contributed by atoms with Crippen LogP contribution in [0.1, 0.15) is 24.0 Å². The van der Waals surface area contributed by atoms with Gasteiger partial charge in [0.2, 0.25) is 11.8 Å². The molecule has 1 aliphatic rings. The van der Waals surface area contributed by atoms with Crippen molar-refractivity contribution in [1.82, 2.24) is 4.90 Å². The van der Waals surface area contributed by atoms with E-state index in [4.69, 9.17) is 11.5 Å². The van der Waals surface area contributed by atoms with Crippen molar-refractivity contribution in [3.05, 3.63) is 35.4 Å². The molecule has 0 aromatic heterocycles. The van der Waals surface area contributed by atoms with Crippen molar-refractivity contribution >= 4 is 11.8 Å². The zero-order chi connectivity index (χ0) is 14.5. The number of primary amides is 1. The second-order valence-electron chi connectivity index (χ2n) is 5.25. The van der Waals surface area contributed by atoms with Gasteiger partial charge in [-0.25, -0.2) is 0 Å². The molecule has 1 aromatic carbocycles. The van der Waals surface area contributed by atoms with Gasteiger partial charge in [0.05, 0.1) is 6.42 Å². The minimum Gasteiger partial charge on any atom is -0.369 e. The molecule has 1 heterocycles. The second kappa shape index (κ2) is 6.52. The van der Waals surface area contributed by atoms with Crippen LogP contribution in [0.25, 0.3) is 0 Å². The molecule has 1 fully saturated rings. The van der Waals surface area contributed by atoms with Crippen LogP contribution in [0, 0.1) is 5.92 Å². The fraction of sp³-hybridized carbons (Fsp3) is 0.467. The maximum atomic E-state index is 12.2. The third-order valence-corrected chi connectivity index (χ3v) is 3.86. The maximum absolute atomic E-state index is 12.2.